The lowest BCUT2D eigenvalue weighted by molar-refractivity contribution is -0.131. The standard InChI is InChI=1S/C33H49NO7S/c1-25-19-27(21-31(20-25)42(38,39)30-12-5-6-13-30)11-7-10-18-40-17-9-4-3-8-16-34-23-32(37)28-14-15-33(41-26(2)36)29(22-28)24-35/h14-15,19-22,30,32,34-35,37H,3-13,16-18,23-24H2,1-2H3. The Kier molecular flexibility index (Phi) is 14.4. The third-order valence-corrected chi connectivity index (χ3v) is 10.0. The monoisotopic (exact) mass is 603 g/mol. The van der Waals surface area contributed by atoms with Gasteiger partial charge in [-0.05, 0) is 99.4 Å². The Morgan fingerprint density at radius 2 is 1.71 bits per heavy atom. The van der Waals surface area contributed by atoms with Crippen molar-refractivity contribution in [1.82, 2.24) is 5.32 Å². The molecule has 0 aromatic heterocycles. The van der Waals surface area contributed by atoms with Gasteiger partial charge in [0.1, 0.15) is 5.75 Å². The maximum absolute atomic E-state index is 13.0. The van der Waals surface area contributed by atoms with Gasteiger partial charge in [-0.1, -0.05) is 37.8 Å². The predicted octanol–water partition coefficient (Wildman–Crippen LogP) is 5.35. The quantitative estimate of drug-likeness (QED) is 0.112. The van der Waals surface area contributed by atoms with E-state index in [9.17, 15) is 23.4 Å². The fourth-order valence-corrected chi connectivity index (χ4v) is 7.51. The van der Waals surface area contributed by atoms with Crippen LogP contribution in [0.4, 0.5) is 0 Å². The number of carbonyl (C=O) groups is 1. The molecule has 0 radical (unpaired) electrons. The molecule has 0 heterocycles. The van der Waals surface area contributed by atoms with Crippen LogP contribution in [-0.4, -0.2) is 56.2 Å². The normalized spacial score (nSPS) is 14.8. The van der Waals surface area contributed by atoms with Crippen LogP contribution in [0.5, 0.6) is 5.75 Å². The first-order valence-corrected chi connectivity index (χ1v) is 17.0. The fraction of sp³-hybridized carbons (Fsp3) is 0.606. The van der Waals surface area contributed by atoms with Gasteiger partial charge in [0.25, 0.3) is 0 Å². The van der Waals surface area contributed by atoms with E-state index in [1.54, 1.807) is 18.2 Å². The van der Waals surface area contributed by atoms with Crippen LogP contribution < -0.4 is 10.1 Å². The van der Waals surface area contributed by atoms with E-state index in [4.69, 9.17) is 9.47 Å². The number of hydrogen-bond acceptors (Lipinski definition) is 8. The Morgan fingerprint density at radius 3 is 2.43 bits per heavy atom. The average Bonchev–Trinajstić information content (AvgIpc) is 3.51. The number of ether oxygens (including phenoxy) is 2. The highest BCUT2D eigenvalue weighted by Gasteiger charge is 2.30. The zero-order chi connectivity index (χ0) is 30.4. The summed E-state index contributed by atoms with van der Waals surface area (Å²) in [6.07, 6.45) is 9.87. The lowest BCUT2D eigenvalue weighted by atomic mass is 10.1. The van der Waals surface area contributed by atoms with Gasteiger partial charge in [-0.25, -0.2) is 8.42 Å². The van der Waals surface area contributed by atoms with E-state index < -0.39 is 21.9 Å². The van der Waals surface area contributed by atoms with Gasteiger partial charge in [-0.2, -0.15) is 0 Å². The van der Waals surface area contributed by atoms with E-state index in [2.05, 4.69) is 11.4 Å². The van der Waals surface area contributed by atoms with Crippen LogP contribution in [0.3, 0.4) is 0 Å². The van der Waals surface area contributed by atoms with Crippen molar-refractivity contribution in [3.05, 3.63) is 58.7 Å². The smallest absolute Gasteiger partial charge is 0.308 e. The zero-order valence-electron chi connectivity index (χ0n) is 25.3. The van der Waals surface area contributed by atoms with Crippen LogP contribution in [0.1, 0.15) is 99.5 Å². The highest BCUT2D eigenvalue weighted by Crippen LogP contribution is 2.30. The van der Waals surface area contributed by atoms with Gasteiger partial charge in [0.05, 0.1) is 22.9 Å². The maximum atomic E-state index is 13.0. The van der Waals surface area contributed by atoms with Crippen molar-refractivity contribution in [2.24, 2.45) is 0 Å². The molecule has 1 saturated carbocycles. The summed E-state index contributed by atoms with van der Waals surface area (Å²) < 4.78 is 36.9. The van der Waals surface area contributed by atoms with Crippen LogP contribution in [0.15, 0.2) is 41.3 Å². The number of nitrogens with one attached hydrogen (secondary N) is 1. The molecular formula is C33H49NO7S. The minimum Gasteiger partial charge on any atom is -0.426 e. The molecule has 1 aliphatic carbocycles. The summed E-state index contributed by atoms with van der Waals surface area (Å²) in [6.45, 7) is 5.68. The third kappa shape index (κ3) is 11.1. The number of unbranched alkanes of at least 4 members (excludes halogenated alkanes) is 4. The second-order valence-corrected chi connectivity index (χ2v) is 13.7. The van der Waals surface area contributed by atoms with Gasteiger partial charge in [0, 0.05) is 32.2 Å². The van der Waals surface area contributed by atoms with Crippen LogP contribution in [0, 0.1) is 6.92 Å². The molecule has 1 atom stereocenters. The largest absolute Gasteiger partial charge is 0.426 e. The topological polar surface area (TPSA) is 122 Å². The molecule has 234 valence electrons. The number of carbonyl (C=O) groups excluding carboxylic acids is 1. The van der Waals surface area contributed by atoms with Crippen molar-refractivity contribution >= 4 is 15.8 Å². The van der Waals surface area contributed by atoms with Crippen molar-refractivity contribution in [3.63, 3.8) is 0 Å². The van der Waals surface area contributed by atoms with Crippen LogP contribution in [0.2, 0.25) is 0 Å². The number of aliphatic hydroxyl groups excluding tert-OH is 2. The van der Waals surface area contributed by atoms with Gasteiger partial charge < -0.3 is 25.0 Å². The summed E-state index contributed by atoms with van der Waals surface area (Å²) in [5.74, 6) is -0.145. The molecule has 1 fully saturated rings. The average molecular weight is 604 g/mol. The van der Waals surface area contributed by atoms with E-state index in [1.165, 1.54) is 6.92 Å². The number of sulfone groups is 1. The van der Waals surface area contributed by atoms with Gasteiger partial charge in [-0.15, -0.1) is 0 Å². The van der Waals surface area contributed by atoms with Crippen molar-refractivity contribution in [2.45, 2.75) is 107 Å². The number of benzene rings is 2. The van der Waals surface area contributed by atoms with Crippen LogP contribution in [0.25, 0.3) is 0 Å². The van der Waals surface area contributed by atoms with Crippen molar-refractivity contribution in [2.75, 3.05) is 26.3 Å². The molecule has 3 N–H and O–H groups in total. The number of aliphatic hydroxyl groups is 2. The lowest BCUT2D eigenvalue weighted by Crippen LogP contribution is -2.22. The van der Waals surface area contributed by atoms with E-state index in [1.807, 2.05) is 19.1 Å². The molecule has 2 aromatic carbocycles. The molecule has 0 amide bonds. The Labute approximate surface area is 251 Å². The zero-order valence-corrected chi connectivity index (χ0v) is 26.1. The van der Waals surface area contributed by atoms with Crippen LogP contribution in [-0.2, 0) is 32.4 Å². The molecule has 0 aliphatic heterocycles. The van der Waals surface area contributed by atoms with Crippen molar-refractivity contribution in [1.29, 1.82) is 0 Å². The SMILES string of the molecule is CC(=O)Oc1ccc(C(O)CNCCCCCCOCCCCc2cc(C)cc(S(=O)(=O)C3CCCC3)c2)cc1CO. The fourth-order valence-electron chi connectivity index (χ4n) is 5.51. The molecule has 2 aromatic rings. The van der Waals surface area contributed by atoms with E-state index in [0.29, 0.717) is 28.3 Å². The Balaban J connectivity index is 1.21. The predicted molar refractivity (Wildman–Crippen MR) is 164 cm³/mol. The first kappa shape index (κ1) is 34.2. The molecule has 0 spiro atoms. The Hall–Kier alpha value is -2.30. The van der Waals surface area contributed by atoms with Gasteiger partial charge in [-0.3, -0.25) is 4.79 Å². The highest BCUT2D eigenvalue weighted by molar-refractivity contribution is 7.92. The summed E-state index contributed by atoms with van der Waals surface area (Å²) in [5.41, 5.74) is 3.24. The Morgan fingerprint density at radius 1 is 1.00 bits per heavy atom. The second-order valence-electron chi connectivity index (χ2n) is 11.4. The molecule has 0 bridgehead atoms. The lowest BCUT2D eigenvalue weighted by Gasteiger charge is -2.15. The molecule has 9 heteroatoms. The minimum absolute atomic E-state index is 0.211. The summed E-state index contributed by atoms with van der Waals surface area (Å²) in [7, 11) is -3.22. The number of esters is 1. The maximum Gasteiger partial charge on any atom is 0.308 e. The highest BCUT2D eigenvalue weighted by atomic mass is 32.2. The van der Waals surface area contributed by atoms with Gasteiger partial charge in [0.15, 0.2) is 9.84 Å². The van der Waals surface area contributed by atoms with E-state index in [-0.39, 0.29) is 11.9 Å². The van der Waals surface area contributed by atoms with Crippen molar-refractivity contribution < 1.29 is 32.9 Å². The van der Waals surface area contributed by atoms with Gasteiger partial charge in [0.2, 0.25) is 0 Å². The summed E-state index contributed by atoms with van der Waals surface area (Å²) in [5, 5.41) is 23.0. The summed E-state index contributed by atoms with van der Waals surface area (Å²) in [4.78, 5) is 11.7. The summed E-state index contributed by atoms with van der Waals surface area (Å²) >= 11 is 0. The first-order chi connectivity index (χ1) is 20.2. The van der Waals surface area contributed by atoms with Crippen LogP contribution >= 0.6 is 0 Å². The van der Waals surface area contributed by atoms with E-state index in [0.717, 1.165) is 102 Å². The summed E-state index contributed by atoms with van der Waals surface area (Å²) in [6, 6.07) is 10.8. The van der Waals surface area contributed by atoms with E-state index >= 15 is 0 Å². The third-order valence-electron chi connectivity index (χ3n) is 7.81. The second kappa shape index (κ2) is 17.7. The molecule has 0 saturated heterocycles. The number of aryl methyl sites for hydroxylation is 2. The molecule has 1 unspecified atom stereocenters. The van der Waals surface area contributed by atoms with Crippen molar-refractivity contribution in [3.8, 4) is 5.75 Å². The molecule has 8 nitrogen and oxygen atoms in total. The molecule has 42 heavy (non-hydrogen) atoms. The molecular weight excluding hydrogens is 554 g/mol. The number of hydrogen-bond donors (Lipinski definition) is 3. The molecule has 1 aliphatic rings. The van der Waals surface area contributed by atoms with Gasteiger partial charge >= 0.3 is 5.97 Å². The molecule has 3 rings (SSSR count). The first-order valence-electron chi connectivity index (χ1n) is 15.4. The Bertz CT molecular complexity index is 1220. The number of rotatable bonds is 19. The minimum atomic E-state index is -3.22.